The van der Waals surface area contributed by atoms with E-state index in [1.807, 2.05) is 19.2 Å². The monoisotopic (exact) mass is 345 g/mol. The molecule has 0 aromatic heterocycles. The molecule has 0 amide bonds. The first kappa shape index (κ1) is 16.4. The zero-order valence-electron chi connectivity index (χ0n) is 14.9. The van der Waals surface area contributed by atoms with Gasteiger partial charge in [0.1, 0.15) is 6.04 Å². The molecule has 2 bridgehead atoms. The molecule has 3 aliphatic rings. The van der Waals surface area contributed by atoms with Crippen LogP contribution in [0.3, 0.4) is 0 Å². The van der Waals surface area contributed by atoms with Gasteiger partial charge in [-0.25, -0.2) is 4.59 Å². The fourth-order valence-corrected chi connectivity index (χ4v) is 5.24. The van der Waals surface area contributed by atoms with Crippen molar-refractivity contribution in [3.63, 3.8) is 0 Å². The van der Waals surface area contributed by atoms with Gasteiger partial charge in [-0.05, 0) is 17.7 Å². The average molecular weight is 345 g/mol. The molecule has 2 aliphatic carbocycles. The Morgan fingerprint density at radius 1 is 1.32 bits per heavy atom. The van der Waals surface area contributed by atoms with E-state index >= 15 is 0 Å². The van der Waals surface area contributed by atoms with E-state index in [4.69, 9.17) is 15.3 Å². The van der Waals surface area contributed by atoms with Crippen molar-refractivity contribution in [2.45, 2.75) is 30.7 Å². The Balaban J connectivity index is 1.99. The molecule has 4 atom stereocenters. The summed E-state index contributed by atoms with van der Waals surface area (Å²) in [5.74, 6) is 7.67. The quantitative estimate of drug-likeness (QED) is 0.626. The lowest BCUT2D eigenvalue weighted by atomic mass is 9.53. The number of carbonyl (C=O) groups is 1. The molecule has 1 saturated heterocycles. The van der Waals surface area contributed by atoms with Crippen LogP contribution in [0.2, 0.25) is 0 Å². The number of phenolic OH excluding ortho intramolecular Hbond substituents is 1. The third-order valence-electron chi connectivity index (χ3n) is 6.53. The molecule has 1 fully saturated rings. The Labute approximate surface area is 147 Å². The van der Waals surface area contributed by atoms with Crippen molar-refractivity contribution in [2.24, 2.45) is 11.8 Å². The van der Waals surface area contributed by atoms with Crippen molar-refractivity contribution in [2.75, 3.05) is 27.8 Å². The maximum absolute atomic E-state index is 12.7. The first-order chi connectivity index (χ1) is 11.8. The van der Waals surface area contributed by atoms with Crippen LogP contribution in [0.1, 0.15) is 24.0 Å². The molecule has 1 aromatic carbocycles. The number of hydrogen-bond acceptors (Lipinski definition) is 5. The highest BCUT2D eigenvalue weighted by Gasteiger charge is 2.61. The topological polar surface area (TPSA) is 81.8 Å². The number of rotatable bonds is 2. The summed E-state index contributed by atoms with van der Waals surface area (Å²) in [6, 6.07) is 3.94. The van der Waals surface area contributed by atoms with Gasteiger partial charge in [-0.15, -0.1) is 0 Å². The van der Waals surface area contributed by atoms with Crippen LogP contribution in [0.15, 0.2) is 24.0 Å². The van der Waals surface area contributed by atoms with Crippen molar-refractivity contribution in [1.82, 2.24) is 0 Å². The Morgan fingerprint density at radius 3 is 2.76 bits per heavy atom. The van der Waals surface area contributed by atoms with Gasteiger partial charge in [0.15, 0.2) is 23.0 Å². The highest BCUT2D eigenvalue weighted by Crippen LogP contribution is 2.58. The average Bonchev–Trinajstić information content (AvgIpc) is 2.58. The lowest BCUT2D eigenvalue weighted by Gasteiger charge is -2.57. The number of aromatic hydroxyl groups is 1. The Hall–Kier alpha value is -2.05. The van der Waals surface area contributed by atoms with E-state index in [2.05, 4.69) is 0 Å². The number of carbonyl (C=O) groups excluding carboxylic acids is 1. The molecular formula is C19H25N2O4+. The molecule has 3 N–H and O–H groups in total. The second-order valence-electron chi connectivity index (χ2n) is 7.76. The summed E-state index contributed by atoms with van der Waals surface area (Å²) in [4.78, 5) is 12.7. The normalized spacial score (nSPS) is 36.2. The van der Waals surface area contributed by atoms with Crippen LogP contribution in [-0.4, -0.2) is 49.3 Å². The van der Waals surface area contributed by atoms with Crippen molar-refractivity contribution < 1.29 is 24.0 Å². The standard InChI is InChI=1S/C19H24N2O4/c1-21(20)7-6-19-10-14(22)16(25-3)9-12(19)13(21)8-11-4-5-15(24-2)18(23)17(11)19/h4-5,9,12-13H,6-8,10,20H2,1-3H3/p+1/t12-,13+,19-,21+/m1/s1. The molecule has 134 valence electrons. The smallest absolute Gasteiger partial charge is 0.197 e. The lowest BCUT2D eigenvalue weighted by molar-refractivity contribution is -0.955. The van der Waals surface area contributed by atoms with E-state index in [1.165, 1.54) is 7.11 Å². The second-order valence-corrected chi connectivity index (χ2v) is 7.76. The molecule has 0 radical (unpaired) electrons. The molecule has 1 aliphatic heterocycles. The number of nitrogens with zero attached hydrogens (tertiary/aromatic N) is 1. The van der Waals surface area contributed by atoms with Crippen LogP contribution < -0.4 is 10.6 Å². The van der Waals surface area contributed by atoms with Gasteiger partial charge in [0.25, 0.3) is 0 Å². The Kier molecular flexibility index (Phi) is 3.43. The molecule has 0 saturated carbocycles. The predicted molar refractivity (Wildman–Crippen MR) is 91.9 cm³/mol. The maximum Gasteiger partial charge on any atom is 0.197 e. The minimum Gasteiger partial charge on any atom is -0.504 e. The molecule has 6 heteroatoms. The van der Waals surface area contributed by atoms with Crippen molar-refractivity contribution in [1.29, 1.82) is 0 Å². The molecule has 0 unspecified atom stereocenters. The van der Waals surface area contributed by atoms with Gasteiger partial charge in [-0.1, -0.05) is 6.07 Å². The number of hydrogen-bond donors (Lipinski definition) is 2. The number of piperidine rings is 1. The third-order valence-corrected chi connectivity index (χ3v) is 6.53. The van der Waals surface area contributed by atoms with E-state index < -0.39 is 5.41 Å². The molecule has 1 heterocycles. The first-order valence-electron chi connectivity index (χ1n) is 8.66. The fourth-order valence-electron chi connectivity index (χ4n) is 5.24. The van der Waals surface area contributed by atoms with Gasteiger partial charge in [0, 0.05) is 36.2 Å². The van der Waals surface area contributed by atoms with Crippen LogP contribution in [0.4, 0.5) is 0 Å². The van der Waals surface area contributed by atoms with Crippen LogP contribution in [0.5, 0.6) is 11.5 Å². The summed E-state index contributed by atoms with van der Waals surface area (Å²) in [6.45, 7) is 0.765. The zero-order valence-corrected chi connectivity index (χ0v) is 14.9. The number of allylic oxidation sites excluding steroid dienone is 1. The van der Waals surface area contributed by atoms with Crippen molar-refractivity contribution in [3.05, 3.63) is 35.1 Å². The largest absolute Gasteiger partial charge is 0.504 e. The van der Waals surface area contributed by atoms with E-state index in [0.29, 0.717) is 22.5 Å². The molecular weight excluding hydrogens is 320 g/mol. The van der Waals surface area contributed by atoms with Crippen molar-refractivity contribution in [3.8, 4) is 11.5 Å². The highest BCUT2D eigenvalue weighted by molar-refractivity contribution is 5.96. The van der Waals surface area contributed by atoms with Gasteiger partial charge in [-0.2, -0.15) is 5.84 Å². The van der Waals surface area contributed by atoms with Gasteiger partial charge < -0.3 is 14.6 Å². The number of ether oxygens (including phenoxy) is 2. The van der Waals surface area contributed by atoms with E-state index in [-0.39, 0.29) is 23.5 Å². The summed E-state index contributed by atoms with van der Waals surface area (Å²) in [6.07, 6.45) is 3.78. The minimum absolute atomic E-state index is 0.0132. The highest BCUT2D eigenvalue weighted by atomic mass is 16.5. The number of fused-ring (bicyclic) bond motifs is 1. The van der Waals surface area contributed by atoms with Gasteiger partial charge >= 0.3 is 0 Å². The number of phenols is 1. The molecule has 4 rings (SSSR count). The molecule has 0 spiro atoms. The van der Waals surface area contributed by atoms with Crippen LogP contribution >= 0.6 is 0 Å². The first-order valence-corrected chi connectivity index (χ1v) is 8.66. The zero-order chi connectivity index (χ0) is 18.0. The lowest BCUT2D eigenvalue weighted by Crippen LogP contribution is -2.71. The Bertz CT molecular complexity index is 786. The summed E-state index contributed by atoms with van der Waals surface area (Å²) in [7, 11) is 5.12. The second kappa shape index (κ2) is 5.22. The van der Waals surface area contributed by atoms with Gasteiger partial charge in [0.2, 0.25) is 0 Å². The van der Waals surface area contributed by atoms with E-state index in [9.17, 15) is 9.90 Å². The van der Waals surface area contributed by atoms with E-state index in [1.54, 1.807) is 13.2 Å². The number of methoxy groups -OCH3 is 2. The number of ketones is 1. The molecule has 1 aromatic rings. The fraction of sp³-hybridized carbons (Fsp3) is 0.526. The maximum atomic E-state index is 12.7. The molecule has 6 nitrogen and oxygen atoms in total. The minimum atomic E-state index is -0.437. The number of likely N-dealkylation sites (tertiary alicyclic amines) is 1. The molecule has 25 heavy (non-hydrogen) atoms. The van der Waals surface area contributed by atoms with Crippen molar-refractivity contribution >= 4 is 5.78 Å². The van der Waals surface area contributed by atoms with Gasteiger partial charge in [-0.3, -0.25) is 4.79 Å². The number of nitrogens with two attached hydrogens (primary N) is 1. The predicted octanol–water partition coefficient (Wildman–Crippen LogP) is 1.41. The van der Waals surface area contributed by atoms with Crippen LogP contribution in [-0.2, 0) is 21.4 Å². The third kappa shape index (κ3) is 2.07. The van der Waals surface area contributed by atoms with Crippen LogP contribution in [0.25, 0.3) is 0 Å². The number of benzene rings is 1. The number of Topliss-reactive ketones (excluding diaryl/α,β-unsaturated/α-hetero) is 1. The number of quaternary nitrogens is 1. The van der Waals surface area contributed by atoms with Crippen LogP contribution in [0, 0.1) is 5.92 Å². The summed E-state index contributed by atoms with van der Waals surface area (Å²) >= 11 is 0. The van der Waals surface area contributed by atoms with E-state index in [0.717, 1.165) is 30.5 Å². The Morgan fingerprint density at radius 2 is 2.08 bits per heavy atom. The summed E-state index contributed by atoms with van der Waals surface area (Å²) in [5.41, 5.74) is 1.50. The SMILES string of the molecule is COC1=C[C@@H]2[C@@H]3Cc4ccc(OC)c(O)c4[C@]2(CC[N@+]3(C)N)CC1=O. The number of likely N-dealkylation sites (N-methyl/N-ethyl adjacent to an activating group) is 1. The van der Waals surface area contributed by atoms with Gasteiger partial charge in [0.05, 0.1) is 27.8 Å². The summed E-state index contributed by atoms with van der Waals surface area (Å²) in [5, 5.41) is 10.9. The summed E-state index contributed by atoms with van der Waals surface area (Å²) < 4.78 is 11.1.